The Hall–Kier alpha value is -1.17. The van der Waals surface area contributed by atoms with Crippen LogP contribution in [0.4, 0.5) is 0 Å². The number of aromatic nitrogens is 2. The average molecular weight is 159 g/mol. The van der Waals surface area contributed by atoms with Gasteiger partial charge in [-0.2, -0.15) is 0 Å². The Labute approximate surface area is 61.1 Å². The second-order valence-electron chi connectivity index (χ2n) is 1.46. The SMILES string of the molecule is CC(=NO)Oc1csnn1. The van der Waals surface area contributed by atoms with Crippen LogP contribution in [0.25, 0.3) is 0 Å². The summed E-state index contributed by atoms with van der Waals surface area (Å²) in [5, 5.41) is 16.1. The fraction of sp³-hybridized carbons (Fsp3) is 0.250. The number of rotatable bonds is 1. The fourth-order valence-corrected chi connectivity index (χ4v) is 0.732. The Morgan fingerprint density at radius 1 is 1.90 bits per heavy atom. The lowest BCUT2D eigenvalue weighted by molar-refractivity contribution is 0.302. The minimum Gasteiger partial charge on any atom is -0.419 e. The summed E-state index contributed by atoms with van der Waals surface area (Å²) in [7, 11) is 0. The zero-order valence-electron chi connectivity index (χ0n) is 5.18. The van der Waals surface area contributed by atoms with E-state index in [9.17, 15) is 0 Å². The highest BCUT2D eigenvalue weighted by Crippen LogP contribution is 2.06. The molecule has 0 aliphatic rings. The first-order valence-electron chi connectivity index (χ1n) is 2.46. The van der Waals surface area contributed by atoms with Gasteiger partial charge in [-0.05, 0) is 11.5 Å². The molecule has 6 heteroatoms. The van der Waals surface area contributed by atoms with Crippen molar-refractivity contribution < 1.29 is 9.94 Å². The summed E-state index contributed by atoms with van der Waals surface area (Å²) < 4.78 is 8.38. The molecule has 0 bridgehead atoms. The van der Waals surface area contributed by atoms with Crippen LogP contribution in [0.3, 0.4) is 0 Å². The first kappa shape index (κ1) is 6.94. The van der Waals surface area contributed by atoms with Crippen molar-refractivity contribution in [1.82, 2.24) is 9.59 Å². The lowest BCUT2D eigenvalue weighted by Gasteiger charge is -1.94. The Balaban J connectivity index is 2.56. The molecule has 0 radical (unpaired) electrons. The van der Waals surface area contributed by atoms with E-state index in [0.717, 1.165) is 0 Å². The summed E-state index contributed by atoms with van der Waals surface area (Å²) >= 11 is 1.17. The molecule has 0 aliphatic carbocycles. The van der Waals surface area contributed by atoms with Crippen molar-refractivity contribution in [3.05, 3.63) is 5.38 Å². The van der Waals surface area contributed by atoms with Gasteiger partial charge in [0, 0.05) is 6.92 Å². The van der Waals surface area contributed by atoms with Crippen molar-refractivity contribution in [3.8, 4) is 5.88 Å². The smallest absolute Gasteiger partial charge is 0.252 e. The first-order valence-corrected chi connectivity index (χ1v) is 3.30. The quantitative estimate of drug-likeness (QED) is 0.284. The van der Waals surface area contributed by atoms with Crippen LogP contribution in [0.2, 0.25) is 0 Å². The average Bonchev–Trinajstić information content (AvgIpc) is 2.40. The molecule has 54 valence electrons. The van der Waals surface area contributed by atoms with Gasteiger partial charge in [0.2, 0.25) is 5.90 Å². The standard InChI is InChI=1S/C4H5N3O2S/c1-3(6-8)9-4-2-10-7-5-4/h2,8H,1H3. The van der Waals surface area contributed by atoms with Gasteiger partial charge >= 0.3 is 0 Å². The number of hydrogen-bond acceptors (Lipinski definition) is 6. The number of nitrogens with zero attached hydrogens (tertiary/aromatic N) is 3. The summed E-state index contributed by atoms with van der Waals surface area (Å²) in [6.07, 6.45) is 0. The summed E-state index contributed by atoms with van der Waals surface area (Å²) in [5.74, 6) is 0.494. The van der Waals surface area contributed by atoms with Crippen LogP contribution in [0.1, 0.15) is 6.92 Å². The van der Waals surface area contributed by atoms with Gasteiger partial charge in [0.05, 0.1) is 5.38 Å². The number of oxime groups is 1. The molecule has 1 N–H and O–H groups in total. The lowest BCUT2D eigenvalue weighted by atomic mass is 10.7. The largest absolute Gasteiger partial charge is 0.419 e. The molecule has 0 fully saturated rings. The van der Waals surface area contributed by atoms with E-state index < -0.39 is 0 Å². The van der Waals surface area contributed by atoms with Crippen molar-refractivity contribution in [1.29, 1.82) is 0 Å². The third-order valence-corrected chi connectivity index (χ3v) is 1.22. The van der Waals surface area contributed by atoms with Gasteiger partial charge in [-0.1, -0.05) is 14.7 Å². The minimum absolute atomic E-state index is 0.146. The second-order valence-corrected chi connectivity index (χ2v) is 2.07. The van der Waals surface area contributed by atoms with Crippen molar-refractivity contribution in [3.63, 3.8) is 0 Å². The summed E-state index contributed by atoms with van der Waals surface area (Å²) in [5.41, 5.74) is 0. The van der Waals surface area contributed by atoms with Gasteiger partial charge < -0.3 is 9.94 Å². The number of hydrogen-bond donors (Lipinski definition) is 1. The molecule has 0 saturated carbocycles. The Morgan fingerprint density at radius 2 is 2.70 bits per heavy atom. The maximum absolute atomic E-state index is 8.15. The molecule has 0 amide bonds. The molecule has 1 aromatic rings. The molecule has 0 aromatic carbocycles. The van der Waals surface area contributed by atoms with Crippen LogP contribution in [-0.2, 0) is 0 Å². The molecule has 1 aromatic heterocycles. The molecular weight excluding hydrogens is 154 g/mol. The third kappa shape index (κ3) is 1.66. The summed E-state index contributed by atoms with van der Waals surface area (Å²) in [6, 6.07) is 0. The predicted octanol–water partition coefficient (Wildman–Crippen LogP) is 0.724. The van der Waals surface area contributed by atoms with E-state index in [1.165, 1.54) is 18.5 Å². The highest BCUT2D eigenvalue weighted by molar-refractivity contribution is 7.03. The van der Waals surface area contributed by atoms with Gasteiger partial charge in [0.1, 0.15) is 0 Å². The topological polar surface area (TPSA) is 67.6 Å². The van der Waals surface area contributed by atoms with Crippen molar-refractivity contribution in [2.45, 2.75) is 6.92 Å². The van der Waals surface area contributed by atoms with E-state index in [1.54, 1.807) is 5.38 Å². The first-order chi connectivity index (χ1) is 4.83. The highest BCUT2D eigenvalue weighted by Gasteiger charge is 1.97. The number of ether oxygens (including phenoxy) is 1. The molecule has 1 heterocycles. The van der Waals surface area contributed by atoms with Crippen molar-refractivity contribution in [2.24, 2.45) is 5.16 Å². The molecule has 0 aliphatic heterocycles. The van der Waals surface area contributed by atoms with Crippen LogP contribution in [0.5, 0.6) is 5.88 Å². The van der Waals surface area contributed by atoms with Gasteiger partial charge in [-0.15, -0.1) is 0 Å². The molecule has 0 atom stereocenters. The van der Waals surface area contributed by atoms with Crippen molar-refractivity contribution >= 4 is 17.4 Å². The zero-order chi connectivity index (χ0) is 7.40. The normalized spacial score (nSPS) is 11.5. The summed E-state index contributed by atoms with van der Waals surface area (Å²) in [4.78, 5) is 0. The zero-order valence-corrected chi connectivity index (χ0v) is 6.00. The van der Waals surface area contributed by atoms with Gasteiger partial charge in [0.15, 0.2) is 0 Å². The van der Waals surface area contributed by atoms with Crippen LogP contribution in [-0.4, -0.2) is 20.7 Å². The van der Waals surface area contributed by atoms with Gasteiger partial charge in [0.25, 0.3) is 5.88 Å². The van der Waals surface area contributed by atoms with E-state index in [-0.39, 0.29) is 5.90 Å². The second kappa shape index (κ2) is 3.11. The van der Waals surface area contributed by atoms with Gasteiger partial charge in [-0.25, -0.2) is 0 Å². The Kier molecular flexibility index (Phi) is 2.16. The van der Waals surface area contributed by atoms with E-state index in [4.69, 9.17) is 9.94 Å². The van der Waals surface area contributed by atoms with E-state index >= 15 is 0 Å². The van der Waals surface area contributed by atoms with Crippen LogP contribution < -0.4 is 4.74 Å². The highest BCUT2D eigenvalue weighted by atomic mass is 32.1. The Bertz CT molecular complexity index is 220. The molecule has 0 saturated heterocycles. The third-order valence-electron chi connectivity index (χ3n) is 0.733. The molecule has 10 heavy (non-hydrogen) atoms. The van der Waals surface area contributed by atoms with E-state index in [0.29, 0.717) is 5.88 Å². The Morgan fingerprint density at radius 3 is 3.20 bits per heavy atom. The van der Waals surface area contributed by atoms with Crippen LogP contribution in [0, 0.1) is 0 Å². The maximum atomic E-state index is 8.15. The van der Waals surface area contributed by atoms with Crippen LogP contribution in [0.15, 0.2) is 10.5 Å². The predicted molar refractivity (Wildman–Crippen MR) is 35.4 cm³/mol. The van der Waals surface area contributed by atoms with Crippen LogP contribution >= 0.6 is 11.5 Å². The molecule has 5 nitrogen and oxygen atoms in total. The lowest BCUT2D eigenvalue weighted by Crippen LogP contribution is -2.02. The maximum Gasteiger partial charge on any atom is 0.252 e. The van der Waals surface area contributed by atoms with E-state index in [1.807, 2.05) is 0 Å². The van der Waals surface area contributed by atoms with E-state index in [2.05, 4.69) is 14.7 Å². The molecular formula is C4H5N3O2S. The monoisotopic (exact) mass is 159 g/mol. The minimum atomic E-state index is 0.146. The van der Waals surface area contributed by atoms with Gasteiger partial charge in [-0.3, -0.25) is 0 Å². The van der Waals surface area contributed by atoms with Crippen molar-refractivity contribution in [2.75, 3.05) is 0 Å². The fourth-order valence-electron chi connectivity index (χ4n) is 0.372. The summed E-state index contributed by atoms with van der Waals surface area (Å²) in [6.45, 7) is 1.51. The molecule has 0 spiro atoms. The molecule has 0 unspecified atom stereocenters. The molecule has 1 rings (SSSR count).